The molecule has 0 unspecified atom stereocenters. The first kappa shape index (κ1) is 19.4. The molecule has 0 aromatic carbocycles. The van der Waals surface area contributed by atoms with Crippen LogP contribution in [0.3, 0.4) is 0 Å². The number of carbonyl (C=O) groups excluding carboxylic acids is 3. The summed E-state index contributed by atoms with van der Waals surface area (Å²) in [5.74, 6) is -0.357. The number of hydrogen-bond donors (Lipinski definition) is 2. The zero-order chi connectivity index (χ0) is 20.6. The van der Waals surface area contributed by atoms with Crippen LogP contribution in [0.15, 0.2) is 18.5 Å². The molecule has 1 saturated carbocycles. The van der Waals surface area contributed by atoms with Crippen LogP contribution < -0.4 is 10.6 Å². The molecule has 0 radical (unpaired) electrons. The number of imide groups is 1. The summed E-state index contributed by atoms with van der Waals surface area (Å²) in [5.41, 5.74) is 0.527. The van der Waals surface area contributed by atoms with Crippen LogP contribution in [0.4, 0.5) is 4.79 Å². The highest BCUT2D eigenvalue weighted by Crippen LogP contribution is 2.34. The van der Waals surface area contributed by atoms with Gasteiger partial charge in [-0.3, -0.25) is 14.5 Å². The summed E-state index contributed by atoms with van der Waals surface area (Å²) in [4.78, 5) is 42.8. The average Bonchev–Trinajstić information content (AvgIpc) is 3.38. The third-order valence-electron chi connectivity index (χ3n) is 5.73. The Labute approximate surface area is 168 Å². The van der Waals surface area contributed by atoms with Gasteiger partial charge in [0.1, 0.15) is 5.54 Å². The van der Waals surface area contributed by atoms with Gasteiger partial charge in [0.05, 0.1) is 11.8 Å². The van der Waals surface area contributed by atoms with Crippen LogP contribution in [0.2, 0.25) is 0 Å². The van der Waals surface area contributed by atoms with Gasteiger partial charge in [-0.05, 0) is 39.2 Å². The van der Waals surface area contributed by atoms with Crippen molar-refractivity contribution in [1.29, 1.82) is 0 Å². The molecule has 1 aliphatic carbocycles. The molecule has 2 aliphatic rings. The van der Waals surface area contributed by atoms with Crippen molar-refractivity contribution in [3.63, 3.8) is 0 Å². The fraction of sp³-hybridized carbons (Fsp3) is 0.550. The van der Waals surface area contributed by atoms with Crippen molar-refractivity contribution < 1.29 is 14.4 Å². The second kappa shape index (κ2) is 7.46. The van der Waals surface area contributed by atoms with Crippen LogP contribution in [-0.2, 0) is 4.79 Å². The van der Waals surface area contributed by atoms with E-state index in [1.165, 1.54) is 4.90 Å². The Bertz CT molecular complexity index is 960. The lowest BCUT2D eigenvalue weighted by atomic mass is 9.98. The summed E-state index contributed by atoms with van der Waals surface area (Å²) >= 11 is 0. The maximum absolute atomic E-state index is 12.6. The first-order chi connectivity index (χ1) is 13.9. The average molecular weight is 398 g/mol. The van der Waals surface area contributed by atoms with Gasteiger partial charge in [-0.15, -0.1) is 0 Å². The van der Waals surface area contributed by atoms with Crippen molar-refractivity contribution in [3.05, 3.63) is 24.0 Å². The van der Waals surface area contributed by atoms with E-state index in [0.29, 0.717) is 37.9 Å². The number of fused-ring (bicyclic) bond motifs is 1. The number of carbonyl (C=O) groups is 3. The minimum Gasteiger partial charge on any atom is -0.352 e. The number of pyridine rings is 1. The maximum Gasteiger partial charge on any atom is 0.325 e. The van der Waals surface area contributed by atoms with E-state index in [9.17, 15) is 14.4 Å². The molecular formula is C20H26N6O3. The van der Waals surface area contributed by atoms with Gasteiger partial charge in [0.15, 0.2) is 5.65 Å². The van der Waals surface area contributed by atoms with Crippen molar-refractivity contribution in [1.82, 2.24) is 30.3 Å². The Morgan fingerprint density at radius 2 is 2.03 bits per heavy atom. The molecule has 4 rings (SSSR count). The fourth-order valence-electron chi connectivity index (χ4n) is 4.18. The molecule has 1 aliphatic heterocycles. The zero-order valence-electron chi connectivity index (χ0n) is 16.8. The van der Waals surface area contributed by atoms with Gasteiger partial charge in [0.25, 0.3) is 11.8 Å². The van der Waals surface area contributed by atoms with Gasteiger partial charge >= 0.3 is 6.03 Å². The minimum atomic E-state index is -0.679. The summed E-state index contributed by atoms with van der Waals surface area (Å²) in [6, 6.07) is 1.64. The van der Waals surface area contributed by atoms with E-state index in [-0.39, 0.29) is 23.9 Å². The third kappa shape index (κ3) is 3.45. The third-order valence-corrected chi connectivity index (χ3v) is 5.73. The number of nitrogens with one attached hydrogen (secondary N) is 2. The maximum atomic E-state index is 12.6. The molecule has 9 nitrogen and oxygen atoms in total. The van der Waals surface area contributed by atoms with Crippen LogP contribution in [0.1, 0.15) is 62.4 Å². The zero-order valence-corrected chi connectivity index (χ0v) is 16.8. The van der Waals surface area contributed by atoms with E-state index < -0.39 is 5.54 Å². The number of rotatable bonds is 6. The lowest BCUT2D eigenvalue weighted by molar-refractivity contribution is -0.131. The van der Waals surface area contributed by atoms with E-state index in [2.05, 4.69) is 20.7 Å². The first-order valence-electron chi connectivity index (χ1n) is 10.2. The van der Waals surface area contributed by atoms with Gasteiger partial charge in [-0.2, -0.15) is 5.10 Å². The molecule has 2 N–H and O–H groups in total. The Morgan fingerprint density at radius 1 is 1.28 bits per heavy atom. The van der Waals surface area contributed by atoms with Crippen LogP contribution in [0, 0.1) is 0 Å². The van der Waals surface area contributed by atoms with Gasteiger partial charge < -0.3 is 10.6 Å². The Kier molecular flexibility index (Phi) is 4.97. The molecule has 3 heterocycles. The molecule has 2 fully saturated rings. The molecule has 4 amide bonds. The highest BCUT2D eigenvalue weighted by molar-refractivity contribution is 6.07. The highest BCUT2D eigenvalue weighted by atomic mass is 16.2. The standard InChI is InChI=1S/C20H26N6O3/c1-13(2)26-16-14(12-23-26)10-15(11-22-16)17(27)21-8-5-9-25-18(28)20(24-19(25)29)6-3-4-7-20/h10-13H,3-9H2,1-2H3,(H,21,27)(H,24,29). The van der Waals surface area contributed by atoms with E-state index in [4.69, 9.17) is 0 Å². The van der Waals surface area contributed by atoms with Gasteiger partial charge in [-0.25, -0.2) is 14.5 Å². The molecule has 1 spiro atoms. The molecular weight excluding hydrogens is 372 g/mol. The van der Waals surface area contributed by atoms with Crippen LogP contribution in [-0.4, -0.2) is 56.1 Å². The van der Waals surface area contributed by atoms with Gasteiger partial charge in [-0.1, -0.05) is 12.8 Å². The quantitative estimate of drug-likeness (QED) is 0.571. The molecule has 0 atom stereocenters. The molecule has 29 heavy (non-hydrogen) atoms. The summed E-state index contributed by atoms with van der Waals surface area (Å²) in [5, 5.41) is 10.8. The fourth-order valence-corrected chi connectivity index (χ4v) is 4.18. The second-order valence-electron chi connectivity index (χ2n) is 8.11. The van der Waals surface area contributed by atoms with Gasteiger partial charge in [0, 0.05) is 30.7 Å². The Hall–Kier alpha value is -2.97. The van der Waals surface area contributed by atoms with Gasteiger partial charge in [0.2, 0.25) is 0 Å². The molecule has 0 bridgehead atoms. The van der Waals surface area contributed by atoms with Crippen LogP contribution in [0.25, 0.3) is 11.0 Å². The van der Waals surface area contributed by atoms with E-state index >= 15 is 0 Å². The molecule has 2 aromatic heterocycles. The SMILES string of the molecule is CC(C)n1ncc2cc(C(=O)NCCCN3C(=O)NC4(CCCC4)C3=O)cnc21. The van der Waals surface area contributed by atoms with Crippen LogP contribution >= 0.6 is 0 Å². The predicted molar refractivity (Wildman–Crippen MR) is 106 cm³/mol. The van der Waals surface area contributed by atoms with Crippen molar-refractivity contribution >= 4 is 28.9 Å². The lowest BCUT2D eigenvalue weighted by Gasteiger charge is -2.20. The molecule has 1 saturated heterocycles. The summed E-state index contributed by atoms with van der Waals surface area (Å²) in [7, 11) is 0. The van der Waals surface area contributed by atoms with Crippen molar-refractivity contribution in [3.8, 4) is 0 Å². The number of aromatic nitrogens is 3. The smallest absolute Gasteiger partial charge is 0.325 e. The Balaban J connectivity index is 1.31. The monoisotopic (exact) mass is 398 g/mol. The highest BCUT2D eigenvalue weighted by Gasteiger charge is 2.51. The number of nitrogens with zero attached hydrogens (tertiary/aromatic N) is 4. The number of urea groups is 1. The van der Waals surface area contributed by atoms with E-state index in [1.54, 1.807) is 18.5 Å². The first-order valence-corrected chi connectivity index (χ1v) is 10.2. The minimum absolute atomic E-state index is 0.122. The van der Waals surface area contributed by atoms with E-state index in [1.807, 2.05) is 18.5 Å². The lowest BCUT2D eigenvalue weighted by Crippen LogP contribution is -2.44. The second-order valence-corrected chi connectivity index (χ2v) is 8.11. The summed E-state index contributed by atoms with van der Waals surface area (Å²) in [6.45, 7) is 4.71. The van der Waals surface area contributed by atoms with Crippen molar-refractivity contribution in [2.45, 2.75) is 57.5 Å². The summed E-state index contributed by atoms with van der Waals surface area (Å²) in [6.07, 6.45) is 7.10. The largest absolute Gasteiger partial charge is 0.352 e. The van der Waals surface area contributed by atoms with Crippen molar-refractivity contribution in [2.24, 2.45) is 0 Å². The van der Waals surface area contributed by atoms with E-state index in [0.717, 1.165) is 23.9 Å². The van der Waals surface area contributed by atoms with Crippen molar-refractivity contribution in [2.75, 3.05) is 13.1 Å². The predicted octanol–water partition coefficient (Wildman–Crippen LogP) is 2.00. The summed E-state index contributed by atoms with van der Waals surface area (Å²) < 4.78 is 1.81. The molecule has 9 heteroatoms. The normalized spacial score (nSPS) is 18.2. The molecule has 2 aromatic rings. The van der Waals surface area contributed by atoms with Crippen LogP contribution in [0.5, 0.6) is 0 Å². The Morgan fingerprint density at radius 3 is 2.76 bits per heavy atom. The number of amides is 4. The topological polar surface area (TPSA) is 109 Å². The number of hydrogen-bond acceptors (Lipinski definition) is 5. The molecule has 154 valence electrons.